The Morgan fingerprint density at radius 1 is 0.905 bits per heavy atom. The van der Waals surface area contributed by atoms with Gasteiger partial charge in [-0.25, -0.2) is 12.8 Å². The maximum absolute atomic E-state index is 14.1. The van der Waals surface area contributed by atoms with Crippen LogP contribution in [0.15, 0.2) is 71.6 Å². The highest BCUT2D eigenvalue weighted by atomic mass is 32.2. The Balaban J connectivity index is 1.69. The monoisotopic (exact) mass is 593 g/mol. The normalized spacial score (nSPS) is 14.7. The van der Waals surface area contributed by atoms with Crippen molar-refractivity contribution < 1.29 is 22.4 Å². The zero-order valence-corrected chi connectivity index (χ0v) is 25.6. The summed E-state index contributed by atoms with van der Waals surface area (Å²) in [5.74, 6) is -1.25. The summed E-state index contributed by atoms with van der Waals surface area (Å²) in [7, 11) is -4.15. The van der Waals surface area contributed by atoms with E-state index in [-0.39, 0.29) is 23.4 Å². The Hall–Kier alpha value is -3.72. The molecular weight excluding hydrogens is 553 g/mol. The molecule has 9 heteroatoms. The average Bonchev–Trinajstić information content (AvgIpc) is 2.96. The van der Waals surface area contributed by atoms with Crippen molar-refractivity contribution in [2.24, 2.45) is 0 Å². The van der Waals surface area contributed by atoms with Crippen LogP contribution >= 0.6 is 0 Å². The smallest absolute Gasteiger partial charge is 0.264 e. The van der Waals surface area contributed by atoms with Gasteiger partial charge in [0.05, 0.1) is 10.6 Å². The maximum atomic E-state index is 14.1. The fraction of sp³-hybridized carbons (Fsp3) is 0.394. The van der Waals surface area contributed by atoms with Gasteiger partial charge in [-0.15, -0.1) is 0 Å². The van der Waals surface area contributed by atoms with Crippen LogP contribution in [-0.2, 0) is 26.2 Å². The molecule has 2 amide bonds. The first kappa shape index (κ1) is 31.2. The van der Waals surface area contributed by atoms with Gasteiger partial charge in [0.15, 0.2) is 0 Å². The number of nitrogens with zero attached hydrogens (tertiary/aromatic N) is 2. The third kappa shape index (κ3) is 7.56. The molecule has 1 atom stereocenters. The van der Waals surface area contributed by atoms with Gasteiger partial charge in [-0.2, -0.15) is 0 Å². The van der Waals surface area contributed by atoms with Gasteiger partial charge in [0.25, 0.3) is 10.0 Å². The second kappa shape index (κ2) is 13.5. The highest BCUT2D eigenvalue weighted by Gasteiger charge is 2.33. The van der Waals surface area contributed by atoms with Crippen molar-refractivity contribution in [1.29, 1.82) is 0 Å². The van der Waals surface area contributed by atoms with E-state index >= 15 is 0 Å². The lowest BCUT2D eigenvalue weighted by Crippen LogP contribution is -2.53. The Bertz CT molecular complexity index is 1500. The minimum Gasteiger partial charge on any atom is -0.352 e. The number of rotatable bonds is 10. The fourth-order valence-electron chi connectivity index (χ4n) is 5.37. The van der Waals surface area contributed by atoms with E-state index in [0.717, 1.165) is 47.5 Å². The van der Waals surface area contributed by atoms with Crippen LogP contribution in [0, 0.1) is 26.6 Å². The van der Waals surface area contributed by atoms with Crippen molar-refractivity contribution in [2.45, 2.75) is 83.3 Å². The van der Waals surface area contributed by atoms with Crippen LogP contribution < -0.4 is 9.62 Å². The Morgan fingerprint density at radius 3 is 2.14 bits per heavy atom. The maximum Gasteiger partial charge on any atom is 0.264 e. The van der Waals surface area contributed by atoms with Crippen LogP contribution in [0.25, 0.3) is 0 Å². The molecule has 3 aromatic rings. The second-order valence-electron chi connectivity index (χ2n) is 11.3. The molecule has 3 aromatic carbocycles. The summed E-state index contributed by atoms with van der Waals surface area (Å²) in [5, 5.41) is 3.09. The molecule has 0 spiro atoms. The number of benzene rings is 3. The standard InChI is InChI=1S/C33H40FN3O4S/c1-23-10-17-30(18-11-23)42(40,41)37(31-19-12-24(2)20-25(31)3)22-32(38)36(21-27-13-15-28(34)16-14-27)26(4)33(39)35-29-8-6-5-7-9-29/h10-20,26,29H,5-9,21-22H2,1-4H3,(H,35,39)/t26-/m0/s1. The number of hydrogen-bond acceptors (Lipinski definition) is 4. The number of nitrogens with one attached hydrogen (secondary N) is 1. The quantitative estimate of drug-likeness (QED) is 0.321. The van der Waals surface area contributed by atoms with Gasteiger partial charge in [-0.05, 0) is 82.0 Å². The predicted molar refractivity (Wildman–Crippen MR) is 163 cm³/mol. The highest BCUT2D eigenvalue weighted by Crippen LogP contribution is 2.28. The van der Waals surface area contributed by atoms with E-state index in [0.29, 0.717) is 16.8 Å². The van der Waals surface area contributed by atoms with E-state index in [1.165, 1.54) is 29.2 Å². The van der Waals surface area contributed by atoms with E-state index in [9.17, 15) is 22.4 Å². The SMILES string of the molecule is Cc1ccc(S(=O)(=O)N(CC(=O)N(Cc2ccc(F)cc2)[C@@H](C)C(=O)NC2CCCCC2)c2ccc(C)cc2C)cc1. The summed E-state index contributed by atoms with van der Waals surface area (Å²) in [4.78, 5) is 29.0. The third-order valence-corrected chi connectivity index (χ3v) is 9.67. The molecule has 0 heterocycles. The number of halogens is 1. The highest BCUT2D eigenvalue weighted by molar-refractivity contribution is 7.92. The van der Waals surface area contributed by atoms with Crippen LogP contribution in [0.5, 0.6) is 0 Å². The van der Waals surface area contributed by atoms with Crippen LogP contribution in [0.1, 0.15) is 61.3 Å². The molecule has 0 saturated heterocycles. The topological polar surface area (TPSA) is 86.8 Å². The zero-order chi connectivity index (χ0) is 30.4. The van der Waals surface area contributed by atoms with Gasteiger partial charge < -0.3 is 10.2 Å². The van der Waals surface area contributed by atoms with E-state index in [2.05, 4.69) is 5.32 Å². The minimum atomic E-state index is -4.15. The molecule has 1 aliphatic rings. The van der Waals surface area contributed by atoms with Crippen molar-refractivity contribution in [3.05, 3.63) is 94.8 Å². The van der Waals surface area contributed by atoms with E-state index in [4.69, 9.17) is 0 Å². The minimum absolute atomic E-state index is 0.0175. The Morgan fingerprint density at radius 2 is 1.52 bits per heavy atom. The van der Waals surface area contributed by atoms with Gasteiger partial charge in [0.2, 0.25) is 11.8 Å². The van der Waals surface area contributed by atoms with Crippen LogP contribution in [-0.4, -0.2) is 43.8 Å². The lowest BCUT2D eigenvalue weighted by atomic mass is 9.95. The zero-order valence-electron chi connectivity index (χ0n) is 24.8. The number of amides is 2. The van der Waals surface area contributed by atoms with Crippen molar-refractivity contribution in [3.63, 3.8) is 0 Å². The first-order valence-corrected chi connectivity index (χ1v) is 15.9. The first-order valence-electron chi connectivity index (χ1n) is 14.5. The molecule has 1 aliphatic carbocycles. The van der Waals surface area contributed by atoms with Crippen LogP contribution in [0.4, 0.5) is 10.1 Å². The second-order valence-corrected chi connectivity index (χ2v) is 13.1. The fourth-order valence-corrected chi connectivity index (χ4v) is 6.85. The van der Waals surface area contributed by atoms with Gasteiger partial charge in [0, 0.05) is 12.6 Å². The third-order valence-electron chi connectivity index (χ3n) is 7.89. The Kier molecular flexibility index (Phi) is 10.0. The lowest BCUT2D eigenvalue weighted by Gasteiger charge is -2.33. The van der Waals surface area contributed by atoms with Crippen LogP contribution in [0.3, 0.4) is 0 Å². The molecular formula is C33H40FN3O4S. The number of anilines is 1. The molecule has 0 aliphatic heterocycles. The number of hydrogen-bond donors (Lipinski definition) is 1. The predicted octanol–water partition coefficient (Wildman–Crippen LogP) is 5.81. The van der Waals surface area contributed by atoms with Crippen LogP contribution in [0.2, 0.25) is 0 Å². The molecule has 1 fully saturated rings. The van der Waals surface area contributed by atoms with Crippen molar-refractivity contribution >= 4 is 27.5 Å². The summed E-state index contributed by atoms with van der Waals surface area (Å²) < 4.78 is 42.8. The van der Waals surface area contributed by atoms with Gasteiger partial charge in [-0.3, -0.25) is 13.9 Å². The van der Waals surface area contributed by atoms with Gasteiger partial charge in [0.1, 0.15) is 18.4 Å². The molecule has 0 aromatic heterocycles. The van der Waals surface area contributed by atoms with Gasteiger partial charge in [-0.1, -0.05) is 66.8 Å². The molecule has 1 saturated carbocycles. The first-order chi connectivity index (χ1) is 20.0. The van der Waals surface area contributed by atoms with Crippen molar-refractivity contribution in [2.75, 3.05) is 10.8 Å². The van der Waals surface area contributed by atoms with E-state index in [1.807, 2.05) is 19.9 Å². The molecule has 1 N–H and O–H groups in total. The molecule has 0 radical (unpaired) electrons. The summed E-state index contributed by atoms with van der Waals surface area (Å²) in [6, 6.07) is 16.8. The van der Waals surface area contributed by atoms with E-state index in [1.54, 1.807) is 50.2 Å². The van der Waals surface area contributed by atoms with E-state index < -0.39 is 34.3 Å². The lowest BCUT2D eigenvalue weighted by molar-refractivity contribution is -0.139. The van der Waals surface area contributed by atoms with Gasteiger partial charge >= 0.3 is 0 Å². The summed E-state index contributed by atoms with van der Waals surface area (Å²) in [5.41, 5.74) is 3.58. The molecule has 7 nitrogen and oxygen atoms in total. The Labute approximate surface area is 248 Å². The summed E-state index contributed by atoms with van der Waals surface area (Å²) in [6.07, 6.45) is 5.00. The molecule has 42 heavy (non-hydrogen) atoms. The molecule has 0 unspecified atom stereocenters. The van der Waals surface area contributed by atoms with Crippen molar-refractivity contribution in [3.8, 4) is 0 Å². The number of carbonyl (C=O) groups is 2. The number of sulfonamides is 1. The molecule has 0 bridgehead atoms. The molecule has 4 rings (SSSR count). The largest absolute Gasteiger partial charge is 0.352 e. The molecule has 224 valence electrons. The number of aryl methyl sites for hydroxylation is 3. The van der Waals surface area contributed by atoms with Crippen molar-refractivity contribution in [1.82, 2.24) is 10.2 Å². The summed E-state index contributed by atoms with van der Waals surface area (Å²) in [6.45, 7) is 6.75. The summed E-state index contributed by atoms with van der Waals surface area (Å²) >= 11 is 0. The number of carbonyl (C=O) groups excluding carboxylic acids is 2. The average molecular weight is 594 g/mol.